The van der Waals surface area contributed by atoms with E-state index in [0.717, 1.165) is 6.54 Å². The van der Waals surface area contributed by atoms with Crippen molar-refractivity contribution < 1.29 is 8.83 Å². The van der Waals surface area contributed by atoms with Gasteiger partial charge in [-0.1, -0.05) is 29.8 Å². The monoisotopic (exact) mass is 309 g/mol. The van der Waals surface area contributed by atoms with Crippen LogP contribution in [0.5, 0.6) is 0 Å². The molecule has 0 bridgehead atoms. The summed E-state index contributed by atoms with van der Waals surface area (Å²) in [6.07, 6.45) is 3.97. The maximum absolute atomic E-state index is 5.74. The molecule has 0 saturated carbocycles. The third-order valence-corrected chi connectivity index (χ3v) is 4.36. The Kier molecular flexibility index (Phi) is 3.71. The standard InChI is InChI=1S/C18H19N3O2/c1-13-6-8-14(9-7-13)15-4-2-10-21(15)12-17-19-20-18(23-17)16-5-3-11-22-16/h3,5-9,11,15H,2,4,10,12H2,1H3/t15-/m0/s1. The molecular weight excluding hydrogens is 290 g/mol. The first-order chi connectivity index (χ1) is 11.3. The predicted molar refractivity (Wildman–Crippen MR) is 85.6 cm³/mol. The number of hydrogen-bond donors (Lipinski definition) is 0. The van der Waals surface area contributed by atoms with Crippen molar-refractivity contribution in [1.29, 1.82) is 0 Å². The van der Waals surface area contributed by atoms with Gasteiger partial charge in [0.15, 0.2) is 5.76 Å². The van der Waals surface area contributed by atoms with E-state index < -0.39 is 0 Å². The number of aromatic nitrogens is 2. The Morgan fingerprint density at radius 2 is 2.04 bits per heavy atom. The second-order valence-electron chi connectivity index (χ2n) is 6.02. The van der Waals surface area contributed by atoms with Gasteiger partial charge in [-0.2, -0.15) is 0 Å². The van der Waals surface area contributed by atoms with Gasteiger partial charge in [-0.15, -0.1) is 10.2 Å². The Hall–Kier alpha value is -2.40. The molecule has 2 aromatic heterocycles. The largest absolute Gasteiger partial charge is 0.459 e. The van der Waals surface area contributed by atoms with Crippen LogP contribution in [0.2, 0.25) is 0 Å². The van der Waals surface area contributed by atoms with Crippen molar-refractivity contribution >= 4 is 0 Å². The number of hydrogen-bond acceptors (Lipinski definition) is 5. The molecule has 1 aromatic carbocycles. The van der Waals surface area contributed by atoms with E-state index in [4.69, 9.17) is 8.83 Å². The fourth-order valence-corrected chi connectivity index (χ4v) is 3.17. The lowest BCUT2D eigenvalue weighted by atomic mass is 10.0. The maximum atomic E-state index is 5.74. The van der Waals surface area contributed by atoms with E-state index in [2.05, 4.69) is 46.3 Å². The van der Waals surface area contributed by atoms with Crippen LogP contribution < -0.4 is 0 Å². The molecule has 4 rings (SSSR count). The maximum Gasteiger partial charge on any atom is 0.283 e. The van der Waals surface area contributed by atoms with Gasteiger partial charge in [0.05, 0.1) is 12.8 Å². The van der Waals surface area contributed by atoms with Gasteiger partial charge in [-0.05, 0) is 44.0 Å². The second-order valence-corrected chi connectivity index (χ2v) is 6.02. The Balaban J connectivity index is 1.50. The van der Waals surface area contributed by atoms with Crippen molar-refractivity contribution in [1.82, 2.24) is 15.1 Å². The highest BCUT2D eigenvalue weighted by Crippen LogP contribution is 2.33. The molecule has 1 fully saturated rings. The number of likely N-dealkylation sites (tertiary alicyclic amines) is 1. The molecule has 0 N–H and O–H groups in total. The first kappa shape index (κ1) is 14.2. The molecule has 0 spiro atoms. The van der Waals surface area contributed by atoms with Crippen LogP contribution in [-0.4, -0.2) is 21.6 Å². The van der Waals surface area contributed by atoms with Gasteiger partial charge in [-0.25, -0.2) is 0 Å². The average molecular weight is 309 g/mol. The third-order valence-electron chi connectivity index (χ3n) is 4.36. The van der Waals surface area contributed by atoms with Gasteiger partial charge in [0.2, 0.25) is 5.89 Å². The number of benzene rings is 1. The normalized spacial score (nSPS) is 18.6. The lowest BCUT2D eigenvalue weighted by Gasteiger charge is -2.23. The van der Waals surface area contributed by atoms with Crippen molar-refractivity contribution in [3.05, 3.63) is 59.7 Å². The summed E-state index contributed by atoms with van der Waals surface area (Å²) >= 11 is 0. The van der Waals surface area contributed by atoms with Gasteiger partial charge in [0.1, 0.15) is 0 Å². The molecule has 0 radical (unpaired) electrons. The molecule has 1 atom stereocenters. The van der Waals surface area contributed by atoms with E-state index in [1.54, 1.807) is 6.26 Å². The minimum absolute atomic E-state index is 0.426. The quantitative estimate of drug-likeness (QED) is 0.729. The van der Waals surface area contributed by atoms with Gasteiger partial charge in [0, 0.05) is 6.04 Å². The zero-order chi connectivity index (χ0) is 15.6. The summed E-state index contributed by atoms with van der Waals surface area (Å²) < 4.78 is 11.0. The molecular formula is C18H19N3O2. The molecule has 3 aromatic rings. The van der Waals surface area contributed by atoms with Gasteiger partial charge >= 0.3 is 0 Å². The van der Waals surface area contributed by atoms with E-state index in [0.29, 0.717) is 30.1 Å². The van der Waals surface area contributed by atoms with Crippen molar-refractivity contribution in [2.45, 2.75) is 32.4 Å². The van der Waals surface area contributed by atoms with E-state index in [1.807, 2.05) is 12.1 Å². The summed E-state index contributed by atoms with van der Waals surface area (Å²) in [5.74, 6) is 1.69. The molecule has 23 heavy (non-hydrogen) atoms. The summed E-state index contributed by atoms with van der Waals surface area (Å²) in [4.78, 5) is 2.41. The van der Waals surface area contributed by atoms with Crippen molar-refractivity contribution in [3.63, 3.8) is 0 Å². The van der Waals surface area contributed by atoms with Crippen LogP contribution in [0.3, 0.4) is 0 Å². The molecule has 5 nitrogen and oxygen atoms in total. The number of nitrogens with zero attached hydrogens (tertiary/aromatic N) is 3. The zero-order valence-electron chi connectivity index (χ0n) is 13.1. The fourth-order valence-electron chi connectivity index (χ4n) is 3.17. The molecule has 0 aliphatic carbocycles. The lowest BCUT2D eigenvalue weighted by molar-refractivity contribution is 0.224. The molecule has 3 heterocycles. The molecule has 118 valence electrons. The summed E-state index contributed by atoms with van der Waals surface area (Å²) in [7, 11) is 0. The number of furan rings is 1. The highest BCUT2D eigenvalue weighted by molar-refractivity contribution is 5.42. The highest BCUT2D eigenvalue weighted by atomic mass is 16.4. The Labute approximate surface area is 134 Å². The first-order valence-electron chi connectivity index (χ1n) is 7.96. The van der Waals surface area contributed by atoms with Crippen LogP contribution in [0.25, 0.3) is 11.7 Å². The van der Waals surface area contributed by atoms with Gasteiger partial charge in [0.25, 0.3) is 5.89 Å². The molecule has 0 amide bonds. The van der Waals surface area contributed by atoms with Crippen LogP contribution in [0.1, 0.15) is 35.9 Å². The first-order valence-corrected chi connectivity index (χ1v) is 7.96. The number of rotatable bonds is 4. The predicted octanol–water partition coefficient (Wildman–Crippen LogP) is 3.98. The van der Waals surface area contributed by atoms with E-state index in [9.17, 15) is 0 Å². The third kappa shape index (κ3) is 2.92. The molecule has 1 aliphatic heterocycles. The Morgan fingerprint density at radius 1 is 1.17 bits per heavy atom. The molecule has 1 saturated heterocycles. The molecule has 1 aliphatic rings. The van der Waals surface area contributed by atoms with Crippen LogP contribution in [0, 0.1) is 6.92 Å². The second kappa shape index (κ2) is 6.01. The van der Waals surface area contributed by atoms with Crippen LogP contribution in [-0.2, 0) is 6.54 Å². The molecule has 5 heteroatoms. The zero-order valence-corrected chi connectivity index (χ0v) is 13.1. The smallest absolute Gasteiger partial charge is 0.283 e. The van der Waals surface area contributed by atoms with E-state index in [-0.39, 0.29) is 0 Å². The molecule has 0 unspecified atom stereocenters. The summed E-state index contributed by atoms with van der Waals surface area (Å²) in [5, 5.41) is 8.23. The van der Waals surface area contributed by atoms with Crippen LogP contribution in [0.4, 0.5) is 0 Å². The summed E-state index contributed by atoms with van der Waals surface area (Å²) in [5.41, 5.74) is 2.65. The SMILES string of the molecule is Cc1ccc([C@@H]2CCCN2Cc2nnc(-c3ccco3)o2)cc1. The van der Waals surface area contributed by atoms with Crippen molar-refractivity contribution in [2.24, 2.45) is 0 Å². The lowest BCUT2D eigenvalue weighted by Crippen LogP contribution is -2.22. The summed E-state index contributed by atoms with van der Waals surface area (Å²) in [6, 6.07) is 12.9. The number of aryl methyl sites for hydroxylation is 1. The fraction of sp³-hybridized carbons (Fsp3) is 0.333. The van der Waals surface area contributed by atoms with Crippen molar-refractivity contribution in [3.8, 4) is 11.7 Å². The van der Waals surface area contributed by atoms with Gasteiger partial charge in [-0.3, -0.25) is 4.90 Å². The Morgan fingerprint density at radius 3 is 2.83 bits per heavy atom. The van der Waals surface area contributed by atoms with Crippen LogP contribution >= 0.6 is 0 Å². The minimum Gasteiger partial charge on any atom is -0.459 e. The Bertz CT molecular complexity index is 762. The highest BCUT2D eigenvalue weighted by Gasteiger charge is 2.27. The van der Waals surface area contributed by atoms with Crippen LogP contribution in [0.15, 0.2) is 51.5 Å². The summed E-state index contributed by atoms with van der Waals surface area (Å²) in [6.45, 7) is 3.84. The van der Waals surface area contributed by atoms with Gasteiger partial charge < -0.3 is 8.83 Å². The van der Waals surface area contributed by atoms with E-state index >= 15 is 0 Å². The minimum atomic E-state index is 0.426. The topological polar surface area (TPSA) is 55.3 Å². The van der Waals surface area contributed by atoms with Crippen molar-refractivity contribution in [2.75, 3.05) is 6.54 Å². The average Bonchev–Trinajstić information content (AvgIpc) is 3.29. The van der Waals surface area contributed by atoms with E-state index in [1.165, 1.54) is 24.0 Å².